The van der Waals surface area contributed by atoms with Crippen LogP contribution in [0.25, 0.3) is 6.08 Å². The quantitative estimate of drug-likeness (QED) is 0.849. The lowest BCUT2D eigenvalue weighted by molar-refractivity contribution is -0.116. The molecule has 0 atom stereocenters. The Labute approximate surface area is 146 Å². The van der Waals surface area contributed by atoms with Crippen LogP contribution in [0.3, 0.4) is 0 Å². The second-order valence-electron chi connectivity index (χ2n) is 6.10. The van der Waals surface area contributed by atoms with E-state index >= 15 is 0 Å². The standard InChI is InChI=1S/C18H22N4OS/c1-14-2-4-17(21-20-14)22-9-6-15(7-10-22)12-19-18(23)5-3-16-8-11-24-13-16/h2-5,8,11,13,15H,6-7,9-10,12H2,1H3,(H,19,23)/b5-3+. The van der Waals surface area contributed by atoms with Crippen molar-refractivity contribution >= 4 is 29.1 Å². The number of carbonyl (C=O) groups excluding carboxylic acids is 1. The van der Waals surface area contributed by atoms with Gasteiger partial charge in [-0.1, -0.05) is 0 Å². The molecule has 2 aromatic heterocycles. The van der Waals surface area contributed by atoms with Crippen molar-refractivity contribution in [1.29, 1.82) is 0 Å². The summed E-state index contributed by atoms with van der Waals surface area (Å²) in [7, 11) is 0. The number of carbonyl (C=O) groups is 1. The van der Waals surface area contributed by atoms with Gasteiger partial charge in [-0.3, -0.25) is 4.79 Å². The molecule has 1 N–H and O–H groups in total. The highest BCUT2D eigenvalue weighted by atomic mass is 32.1. The predicted molar refractivity (Wildman–Crippen MR) is 98.1 cm³/mol. The molecule has 5 nitrogen and oxygen atoms in total. The fraction of sp³-hybridized carbons (Fsp3) is 0.389. The number of amides is 1. The highest BCUT2D eigenvalue weighted by Gasteiger charge is 2.20. The van der Waals surface area contributed by atoms with Crippen molar-refractivity contribution in [3.05, 3.63) is 46.3 Å². The Bertz CT molecular complexity index is 674. The molecular weight excluding hydrogens is 320 g/mol. The summed E-state index contributed by atoms with van der Waals surface area (Å²) in [4.78, 5) is 14.1. The first-order valence-corrected chi connectivity index (χ1v) is 9.18. The summed E-state index contributed by atoms with van der Waals surface area (Å²) in [6, 6.07) is 6.02. The van der Waals surface area contributed by atoms with Crippen LogP contribution < -0.4 is 10.2 Å². The van der Waals surface area contributed by atoms with Gasteiger partial charge in [-0.05, 0) is 66.3 Å². The number of nitrogens with one attached hydrogen (secondary N) is 1. The maximum absolute atomic E-state index is 11.9. The zero-order valence-electron chi connectivity index (χ0n) is 13.8. The first kappa shape index (κ1) is 16.6. The predicted octanol–water partition coefficient (Wildman–Crippen LogP) is 2.89. The van der Waals surface area contributed by atoms with E-state index in [4.69, 9.17) is 0 Å². The fourth-order valence-corrected chi connectivity index (χ4v) is 3.40. The van der Waals surface area contributed by atoms with Crippen LogP contribution in [0.15, 0.2) is 35.0 Å². The van der Waals surface area contributed by atoms with Gasteiger partial charge in [-0.25, -0.2) is 0 Å². The van der Waals surface area contributed by atoms with E-state index in [1.54, 1.807) is 17.4 Å². The Morgan fingerprint density at radius 2 is 2.17 bits per heavy atom. The van der Waals surface area contributed by atoms with Crippen LogP contribution in [0.5, 0.6) is 0 Å². The number of aromatic nitrogens is 2. The maximum atomic E-state index is 11.9. The molecule has 0 aromatic carbocycles. The average molecular weight is 342 g/mol. The Kier molecular flexibility index (Phi) is 5.59. The Morgan fingerprint density at radius 3 is 2.83 bits per heavy atom. The van der Waals surface area contributed by atoms with Crippen LogP contribution >= 0.6 is 11.3 Å². The highest BCUT2D eigenvalue weighted by Crippen LogP contribution is 2.20. The second kappa shape index (κ2) is 8.06. The molecule has 3 rings (SSSR count). The molecule has 6 heteroatoms. The van der Waals surface area contributed by atoms with Gasteiger partial charge in [0.25, 0.3) is 0 Å². The largest absolute Gasteiger partial charge is 0.355 e. The van der Waals surface area contributed by atoms with Gasteiger partial charge in [-0.15, -0.1) is 5.10 Å². The van der Waals surface area contributed by atoms with Crippen molar-refractivity contribution in [2.24, 2.45) is 5.92 Å². The molecule has 24 heavy (non-hydrogen) atoms. The Balaban J connectivity index is 1.40. The second-order valence-corrected chi connectivity index (χ2v) is 6.88. The molecule has 0 aliphatic carbocycles. The molecule has 0 radical (unpaired) electrons. The topological polar surface area (TPSA) is 58.1 Å². The third-order valence-electron chi connectivity index (χ3n) is 4.26. The smallest absolute Gasteiger partial charge is 0.244 e. The number of nitrogens with zero attached hydrogens (tertiary/aromatic N) is 3. The van der Waals surface area contributed by atoms with Gasteiger partial charge in [0.15, 0.2) is 5.82 Å². The van der Waals surface area contributed by atoms with E-state index in [1.807, 2.05) is 42.0 Å². The minimum Gasteiger partial charge on any atom is -0.355 e. The van der Waals surface area contributed by atoms with Crippen molar-refractivity contribution in [1.82, 2.24) is 15.5 Å². The van der Waals surface area contributed by atoms with Crippen LogP contribution in [0.2, 0.25) is 0 Å². The van der Waals surface area contributed by atoms with Gasteiger partial charge in [-0.2, -0.15) is 16.4 Å². The van der Waals surface area contributed by atoms with Crippen LogP contribution in [0.4, 0.5) is 5.82 Å². The molecule has 2 aromatic rings. The van der Waals surface area contributed by atoms with Gasteiger partial charge in [0.1, 0.15) is 0 Å². The van der Waals surface area contributed by atoms with E-state index in [0.29, 0.717) is 5.92 Å². The third kappa shape index (κ3) is 4.64. The maximum Gasteiger partial charge on any atom is 0.244 e. The summed E-state index contributed by atoms with van der Waals surface area (Å²) in [5, 5.41) is 15.4. The SMILES string of the molecule is Cc1ccc(N2CCC(CNC(=O)/C=C/c3ccsc3)CC2)nn1. The number of hydrogen-bond acceptors (Lipinski definition) is 5. The number of rotatable bonds is 5. The highest BCUT2D eigenvalue weighted by molar-refractivity contribution is 7.08. The van der Waals surface area contributed by atoms with E-state index < -0.39 is 0 Å². The first-order chi connectivity index (χ1) is 11.7. The van der Waals surface area contributed by atoms with Crippen LogP contribution in [-0.4, -0.2) is 35.7 Å². The molecule has 3 heterocycles. The molecule has 1 saturated heterocycles. The molecule has 1 aliphatic heterocycles. The lowest BCUT2D eigenvalue weighted by atomic mass is 9.97. The van der Waals surface area contributed by atoms with Gasteiger partial charge in [0.05, 0.1) is 5.69 Å². The Hall–Kier alpha value is -2.21. The van der Waals surface area contributed by atoms with Crippen LogP contribution in [-0.2, 0) is 4.79 Å². The van der Waals surface area contributed by atoms with Crippen molar-refractivity contribution in [3.63, 3.8) is 0 Å². The molecule has 1 amide bonds. The van der Waals surface area contributed by atoms with Gasteiger partial charge >= 0.3 is 0 Å². The molecule has 0 spiro atoms. The summed E-state index contributed by atoms with van der Waals surface area (Å²) in [5.41, 5.74) is 2.01. The molecule has 0 bridgehead atoms. The van der Waals surface area contributed by atoms with Gasteiger partial charge < -0.3 is 10.2 Å². The van der Waals surface area contributed by atoms with E-state index in [2.05, 4.69) is 20.4 Å². The van der Waals surface area contributed by atoms with E-state index in [-0.39, 0.29) is 5.91 Å². The normalized spacial score (nSPS) is 15.8. The number of aryl methyl sites for hydroxylation is 1. The zero-order chi connectivity index (χ0) is 16.8. The minimum absolute atomic E-state index is 0.0203. The van der Waals surface area contributed by atoms with Gasteiger partial charge in [0, 0.05) is 25.7 Å². The molecule has 126 valence electrons. The van der Waals surface area contributed by atoms with E-state index in [9.17, 15) is 4.79 Å². The number of thiophene rings is 1. The fourth-order valence-electron chi connectivity index (χ4n) is 2.77. The molecular formula is C18H22N4OS. The van der Waals surface area contributed by atoms with E-state index in [1.165, 1.54) is 0 Å². The van der Waals surface area contributed by atoms with E-state index in [0.717, 1.165) is 49.6 Å². The summed E-state index contributed by atoms with van der Waals surface area (Å²) in [6.45, 7) is 4.60. The minimum atomic E-state index is -0.0203. The number of anilines is 1. The van der Waals surface area contributed by atoms with Crippen LogP contribution in [0, 0.1) is 12.8 Å². The summed E-state index contributed by atoms with van der Waals surface area (Å²) in [5.74, 6) is 1.45. The summed E-state index contributed by atoms with van der Waals surface area (Å²) in [6.07, 6.45) is 5.58. The van der Waals surface area contributed by atoms with Crippen molar-refractivity contribution in [2.45, 2.75) is 19.8 Å². The van der Waals surface area contributed by atoms with Crippen molar-refractivity contribution in [3.8, 4) is 0 Å². The lowest BCUT2D eigenvalue weighted by Crippen LogP contribution is -2.38. The molecule has 0 saturated carbocycles. The first-order valence-electron chi connectivity index (χ1n) is 8.24. The van der Waals surface area contributed by atoms with Crippen LogP contribution in [0.1, 0.15) is 24.1 Å². The molecule has 0 unspecified atom stereocenters. The molecule has 1 fully saturated rings. The number of hydrogen-bond donors (Lipinski definition) is 1. The van der Waals surface area contributed by atoms with Crippen molar-refractivity contribution in [2.75, 3.05) is 24.5 Å². The monoisotopic (exact) mass is 342 g/mol. The average Bonchev–Trinajstić information content (AvgIpc) is 3.13. The zero-order valence-corrected chi connectivity index (χ0v) is 14.6. The summed E-state index contributed by atoms with van der Waals surface area (Å²) < 4.78 is 0. The Morgan fingerprint density at radius 1 is 1.33 bits per heavy atom. The van der Waals surface area contributed by atoms with Gasteiger partial charge in [0.2, 0.25) is 5.91 Å². The lowest BCUT2D eigenvalue weighted by Gasteiger charge is -2.32. The summed E-state index contributed by atoms with van der Waals surface area (Å²) >= 11 is 1.63. The third-order valence-corrected chi connectivity index (χ3v) is 4.96. The van der Waals surface area contributed by atoms with Crippen molar-refractivity contribution < 1.29 is 4.79 Å². The number of piperidine rings is 1. The molecule has 1 aliphatic rings.